The number of carbonyl (C=O) groups is 1. The van der Waals surface area contributed by atoms with E-state index in [4.69, 9.17) is 0 Å². The van der Waals surface area contributed by atoms with Crippen molar-refractivity contribution in [2.75, 3.05) is 5.32 Å². The number of aromatic hydroxyl groups is 2. The molecule has 0 unspecified atom stereocenters. The Balaban J connectivity index is 2.26. The fraction of sp³-hybridized carbons (Fsp3) is 0.133. The number of benzene rings is 2. The van der Waals surface area contributed by atoms with E-state index in [0.717, 1.165) is 0 Å². The van der Waals surface area contributed by atoms with Crippen molar-refractivity contribution in [3.05, 3.63) is 53.1 Å². The van der Waals surface area contributed by atoms with Gasteiger partial charge in [0.2, 0.25) is 0 Å². The highest BCUT2D eigenvalue weighted by Crippen LogP contribution is 2.23. The molecule has 2 rings (SSSR count). The highest BCUT2D eigenvalue weighted by Gasteiger charge is 2.11. The number of rotatable bonds is 2. The quantitative estimate of drug-likeness (QED) is 0.724. The third kappa shape index (κ3) is 2.68. The van der Waals surface area contributed by atoms with Gasteiger partial charge >= 0.3 is 0 Å². The van der Waals surface area contributed by atoms with Gasteiger partial charge in [-0.05, 0) is 49.7 Å². The van der Waals surface area contributed by atoms with Gasteiger partial charge in [-0.1, -0.05) is 6.07 Å². The lowest BCUT2D eigenvalue weighted by Crippen LogP contribution is -2.13. The van der Waals surface area contributed by atoms with E-state index in [1.54, 1.807) is 38.1 Å². The lowest BCUT2D eigenvalue weighted by molar-refractivity contribution is 0.102. The van der Waals surface area contributed by atoms with Gasteiger partial charge in [-0.25, -0.2) is 0 Å². The van der Waals surface area contributed by atoms with Gasteiger partial charge in [0.05, 0.1) is 0 Å². The van der Waals surface area contributed by atoms with Crippen LogP contribution < -0.4 is 5.32 Å². The van der Waals surface area contributed by atoms with Crippen molar-refractivity contribution in [3.63, 3.8) is 0 Å². The molecule has 0 heterocycles. The molecule has 19 heavy (non-hydrogen) atoms. The standard InChI is InChI=1S/C15H15NO3/c1-9-8-11(6-7-13(9)17)16-15(19)12-4-3-5-14(18)10(12)2/h3-8,17-18H,1-2H3,(H,16,19). The van der Waals surface area contributed by atoms with Crippen LogP contribution in [0, 0.1) is 13.8 Å². The van der Waals surface area contributed by atoms with Crippen molar-refractivity contribution < 1.29 is 15.0 Å². The number of nitrogens with one attached hydrogen (secondary N) is 1. The van der Waals surface area contributed by atoms with Gasteiger partial charge in [0.25, 0.3) is 5.91 Å². The zero-order valence-electron chi connectivity index (χ0n) is 10.8. The zero-order valence-corrected chi connectivity index (χ0v) is 10.8. The summed E-state index contributed by atoms with van der Waals surface area (Å²) in [5.74, 6) is -0.0143. The highest BCUT2D eigenvalue weighted by atomic mass is 16.3. The Morgan fingerprint density at radius 2 is 1.79 bits per heavy atom. The Bertz CT molecular complexity index is 635. The van der Waals surface area contributed by atoms with Crippen LogP contribution in [0.15, 0.2) is 36.4 Å². The molecule has 4 heteroatoms. The van der Waals surface area contributed by atoms with Gasteiger partial charge in [0, 0.05) is 16.8 Å². The molecule has 0 aromatic heterocycles. The number of carbonyl (C=O) groups excluding carboxylic acids is 1. The summed E-state index contributed by atoms with van der Waals surface area (Å²) >= 11 is 0. The topological polar surface area (TPSA) is 69.6 Å². The molecule has 4 nitrogen and oxygen atoms in total. The molecular weight excluding hydrogens is 242 g/mol. The van der Waals surface area contributed by atoms with Crippen molar-refractivity contribution in [1.82, 2.24) is 0 Å². The molecule has 0 fully saturated rings. The van der Waals surface area contributed by atoms with Gasteiger partial charge in [-0.3, -0.25) is 4.79 Å². The Labute approximate surface area is 111 Å². The molecule has 1 amide bonds. The van der Waals surface area contributed by atoms with Crippen LogP contribution in [0.1, 0.15) is 21.5 Å². The second-order valence-corrected chi connectivity index (χ2v) is 4.41. The Hall–Kier alpha value is -2.49. The predicted octanol–water partition coefficient (Wildman–Crippen LogP) is 2.97. The van der Waals surface area contributed by atoms with Gasteiger partial charge in [0.15, 0.2) is 0 Å². The molecule has 0 saturated heterocycles. The van der Waals surface area contributed by atoms with E-state index in [0.29, 0.717) is 22.4 Å². The molecule has 98 valence electrons. The molecule has 0 aliphatic carbocycles. The molecule has 2 aromatic rings. The lowest BCUT2D eigenvalue weighted by atomic mass is 10.1. The first kappa shape index (κ1) is 13.0. The maximum atomic E-state index is 12.1. The Morgan fingerprint density at radius 1 is 1.05 bits per heavy atom. The maximum absolute atomic E-state index is 12.1. The Kier molecular flexibility index (Phi) is 3.42. The van der Waals surface area contributed by atoms with Crippen LogP contribution in [0.5, 0.6) is 11.5 Å². The van der Waals surface area contributed by atoms with E-state index in [9.17, 15) is 15.0 Å². The number of aryl methyl sites for hydroxylation is 1. The molecule has 0 aliphatic heterocycles. The fourth-order valence-electron chi connectivity index (χ4n) is 1.80. The second kappa shape index (κ2) is 5.02. The number of hydrogen-bond donors (Lipinski definition) is 3. The van der Waals surface area contributed by atoms with E-state index >= 15 is 0 Å². The first-order valence-electron chi connectivity index (χ1n) is 5.88. The number of anilines is 1. The van der Waals surface area contributed by atoms with Crippen LogP contribution in [0.4, 0.5) is 5.69 Å². The number of hydrogen-bond acceptors (Lipinski definition) is 3. The summed E-state index contributed by atoms with van der Waals surface area (Å²) in [6.07, 6.45) is 0. The molecule has 2 aromatic carbocycles. The summed E-state index contributed by atoms with van der Waals surface area (Å²) < 4.78 is 0. The summed E-state index contributed by atoms with van der Waals surface area (Å²) in [7, 11) is 0. The second-order valence-electron chi connectivity index (χ2n) is 4.41. The fourth-order valence-corrected chi connectivity index (χ4v) is 1.80. The van der Waals surface area contributed by atoms with Crippen molar-refractivity contribution >= 4 is 11.6 Å². The number of amides is 1. The van der Waals surface area contributed by atoms with Crippen molar-refractivity contribution in [3.8, 4) is 11.5 Å². The minimum absolute atomic E-state index is 0.0922. The van der Waals surface area contributed by atoms with Crippen molar-refractivity contribution in [2.24, 2.45) is 0 Å². The van der Waals surface area contributed by atoms with Gasteiger partial charge in [0.1, 0.15) is 11.5 Å². The summed E-state index contributed by atoms with van der Waals surface area (Å²) in [5.41, 5.74) is 2.25. The summed E-state index contributed by atoms with van der Waals surface area (Å²) in [6, 6.07) is 9.65. The van der Waals surface area contributed by atoms with Crippen molar-refractivity contribution in [1.29, 1.82) is 0 Å². The molecule has 0 atom stereocenters. The molecule has 0 spiro atoms. The Morgan fingerprint density at radius 3 is 2.47 bits per heavy atom. The van der Waals surface area contributed by atoms with E-state index in [1.807, 2.05) is 0 Å². The first-order valence-corrected chi connectivity index (χ1v) is 5.88. The van der Waals surface area contributed by atoms with Crippen LogP contribution in [0.25, 0.3) is 0 Å². The van der Waals surface area contributed by atoms with E-state index < -0.39 is 0 Å². The largest absolute Gasteiger partial charge is 0.508 e. The van der Waals surface area contributed by atoms with Crippen LogP contribution >= 0.6 is 0 Å². The van der Waals surface area contributed by atoms with Crippen LogP contribution in [-0.2, 0) is 0 Å². The monoisotopic (exact) mass is 257 g/mol. The molecule has 0 aliphatic rings. The van der Waals surface area contributed by atoms with E-state index in [1.165, 1.54) is 12.1 Å². The van der Waals surface area contributed by atoms with Gasteiger partial charge < -0.3 is 15.5 Å². The average molecular weight is 257 g/mol. The summed E-state index contributed by atoms with van der Waals surface area (Å²) in [4.78, 5) is 12.1. The normalized spacial score (nSPS) is 10.2. The van der Waals surface area contributed by atoms with Crippen LogP contribution in [0.2, 0.25) is 0 Å². The van der Waals surface area contributed by atoms with E-state index in [-0.39, 0.29) is 17.4 Å². The molecule has 0 radical (unpaired) electrons. The maximum Gasteiger partial charge on any atom is 0.256 e. The minimum atomic E-state index is -0.293. The highest BCUT2D eigenvalue weighted by molar-refractivity contribution is 6.05. The molecule has 0 bridgehead atoms. The third-order valence-electron chi connectivity index (χ3n) is 3.00. The van der Waals surface area contributed by atoms with Gasteiger partial charge in [-0.15, -0.1) is 0 Å². The first-order chi connectivity index (χ1) is 8.99. The van der Waals surface area contributed by atoms with E-state index in [2.05, 4.69) is 5.32 Å². The minimum Gasteiger partial charge on any atom is -0.508 e. The summed E-state index contributed by atoms with van der Waals surface area (Å²) in [6.45, 7) is 3.44. The third-order valence-corrected chi connectivity index (χ3v) is 3.00. The molecule has 0 saturated carbocycles. The predicted molar refractivity (Wildman–Crippen MR) is 73.6 cm³/mol. The number of phenols is 2. The molecular formula is C15H15NO3. The van der Waals surface area contributed by atoms with Crippen LogP contribution in [0.3, 0.4) is 0 Å². The average Bonchev–Trinajstić information content (AvgIpc) is 2.37. The summed E-state index contributed by atoms with van der Waals surface area (Å²) in [5, 5.41) is 21.7. The number of phenolic OH excluding ortho intramolecular Hbond substituents is 2. The lowest BCUT2D eigenvalue weighted by Gasteiger charge is -2.09. The van der Waals surface area contributed by atoms with Gasteiger partial charge in [-0.2, -0.15) is 0 Å². The SMILES string of the molecule is Cc1cc(NC(=O)c2cccc(O)c2C)ccc1O. The smallest absolute Gasteiger partial charge is 0.256 e. The van der Waals surface area contributed by atoms with Crippen molar-refractivity contribution in [2.45, 2.75) is 13.8 Å². The zero-order chi connectivity index (χ0) is 14.0. The molecule has 3 N–H and O–H groups in total. The van der Waals surface area contributed by atoms with Crippen LogP contribution in [-0.4, -0.2) is 16.1 Å².